The molecule has 0 fully saturated rings. The highest BCUT2D eigenvalue weighted by Crippen LogP contribution is 2.14. The third-order valence-electron chi connectivity index (χ3n) is 11.0. The molecule has 0 atom stereocenters. The monoisotopic (exact) mass is 857 g/mol. The molecule has 0 aromatic rings. The number of hydrogen-bond acceptors (Lipinski definition) is 4. The maximum Gasteiger partial charge on any atom is 0.303 e. The van der Waals surface area contributed by atoms with Gasteiger partial charge in [0.2, 0.25) is 0 Å². The van der Waals surface area contributed by atoms with E-state index in [4.69, 9.17) is 20.4 Å². The Bertz CT molecular complexity index is 778. The van der Waals surface area contributed by atoms with Gasteiger partial charge in [-0.25, -0.2) is 0 Å². The van der Waals surface area contributed by atoms with Gasteiger partial charge in [0.25, 0.3) is 0 Å². The second-order valence-electron chi connectivity index (χ2n) is 17.3. The molecule has 0 aliphatic rings. The molecule has 0 saturated carbocycles. The quantitative estimate of drug-likeness (QED) is 0.0443. The second-order valence-corrected chi connectivity index (χ2v) is 17.3. The SMILES string of the molecule is CCCCCCCCCCCC(=O)O.CCCCCCCCCCCC(=O)O.CCCCCCCCCCCCCC(=O)O.CCCCCCCCCCCCCC(=O)O. The van der Waals surface area contributed by atoms with Crippen LogP contribution in [0.4, 0.5) is 0 Å². The van der Waals surface area contributed by atoms with Gasteiger partial charge in [-0.2, -0.15) is 0 Å². The summed E-state index contributed by atoms with van der Waals surface area (Å²) < 4.78 is 0. The summed E-state index contributed by atoms with van der Waals surface area (Å²) in [5, 5.41) is 33.7. The fourth-order valence-electron chi connectivity index (χ4n) is 7.05. The molecule has 360 valence electrons. The van der Waals surface area contributed by atoms with Crippen LogP contribution in [0.2, 0.25) is 0 Å². The van der Waals surface area contributed by atoms with Gasteiger partial charge in [0.15, 0.2) is 0 Å². The molecule has 0 bridgehead atoms. The highest BCUT2D eigenvalue weighted by Gasteiger charge is 2.00. The number of aliphatic carboxylic acids is 4. The lowest BCUT2D eigenvalue weighted by Crippen LogP contribution is -1.93. The van der Waals surface area contributed by atoms with Gasteiger partial charge in [0.05, 0.1) is 0 Å². The zero-order valence-corrected chi connectivity index (χ0v) is 40.5. The second kappa shape index (κ2) is 61.2. The summed E-state index contributed by atoms with van der Waals surface area (Å²) in [5.74, 6) is -2.63. The highest BCUT2D eigenvalue weighted by atomic mass is 16.4. The fraction of sp³-hybridized carbons (Fsp3) is 0.923. The van der Waals surface area contributed by atoms with Crippen molar-refractivity contribution < 1.29 is 39.6 Å². The average Bonchev–Trinajstić information content (AvgIpc) is 3.21. The standard InChI is InChI=1S/2C14H28O2.2C12H24O2/c2*1-2-3-4-5-6-7-8-9-10-11-12-13-14(15)16;2*1-2-3-4-5-6-7-8-9-10-11-12(13)14/h2*2-13H2,1H3,(H,15,16);2*2-11H2,1H3,(H,13,14). The molecule has 0 unspecified atom stereocenters. The molecule has 0 aliphatic heterocycles. The Labute approximate surface area is 372 Å². The molecule has 0 aromatic carbocycles. The first-order chi connectivity index (χ1) is 29.1. The van der Waals surface area contributed by atoms with Gasteiger partial charge in [-0.1, -0.05) is 259 Å². The van der Waals surface area contributed by atoms with E-state index in [0.717, 1.165) is 51.4 Å². The van der Waals surface area contributed by atoms with Gasteiger partial charge < -0.3 is 20.4 Å². The van der Waals surface area contributed by atoms with Gasteiger partial charge in [0.1, 0.15) is 0 Å². The lowest BCUT2D eigenvalue weighted by atomic mass is 10.1. The topological polar surface area (TPSA) is 149 Å². The maximum absolute atomic E-state index is 10.3. The Morgan fingerprint density at radius 1 is 0.200 bits per heavy atom. The Kier molecular flexibility index (Phi) is 65.8. The third-order valence-corrected chi connectivity index (χ3v) is 11.0. The first-order valence-electron chi connectivity index (χ1n) is 26.0. The van der Waals surface area contributed by atoms with Crippen LogP contribution in [0, 0.1) is 0 Å². The Balaban J connectivity index is -0.000000349. The summed E-state index contributed by atoms with van der Waals surface area (Å²) in [6, 6.07) is 0. The van der Waals surface area contributed by atoms with E-state index in [2.05, 4.69) is 27.7 Å². The van der Waals surface area contributed by atoms with Crippen LogP contribution >= 0.6 is 0 Å². The molecule has 0 radical (unpaired) electrons. The number of carboxylic acids is 4. The predicted molar refractivity (Wildman–Crippen MR) is 256 cm³/mol. The summed E-state index contributed by atoms with van der Waals surface area (Å²) >= 11 is 0. The zero-order valence-electron chi connectivity index (χ0n) is 40.5. The average molecular weight is 857 g/mol. The molecule has 0 saturated heterocycles. The van der Waals surface area contributed by atoms with Crippen molar-refractivity contribution in [2.75, 3.05) is 0 Å². The van der Waals surface area contributed by atoms with Gasteiger partial charge in [0, 0.05) is 25.7 Å². The van der Waals surface area contributed by atoms with Gasteiger partial charge in [-0.3, -0.25) is 19.2 Å². The van der Waals surface area contributed by atoms with Gasteiger partial charge >= 0.3 is 23.9 Å². The fourth-order valence-corrected chi connectivity index (χ4v) is 7.05. The lowest BCUT2D eigenvalue weighted by Gasteiger charge is -2.01. The molecular formula is C52H104O8. The lowest BCUT2D eigenvalue weighted by molar-refractivity contribution is -0.138. The Morgan fingerprint density at radius 3 is 0.400 bits per heavy atom. The Morgan fingerprint density at radius 2 is 0.300 bits per heavy atom. The third kappa shape index (κ3) is 80.0. The summed E-state index contributed by atoms with van der Waals surface area (Å²) in [4.78, 5) is 40.9. The van der Waals surface area contributed by atoms with Crippen LogP contribution in [-0.4, -0.2) is 44.3 Å². The number of unbranched alkanes of at least 4 members (excludes halogenated alkanes) is 36. The number of hydrogen-bond donors (Lipinski definition) is 4. The Hall–Kier alpha value is -2.12. The first kappa shape index (κ1) is 64.5. The molecule has 60 heavy (non-hydrogen) atoms. The van der Waals surface area contributed by atoms with E-state index in [1.807, 2.05) is 0 Å². The summed E-state index contributed by atoms with van der Waals surface area (Å²) in [7, 11) is 0. The van der Waals surface area contributed by atoms with Crippen LogP contribution in [-0.2, 0) is 19.2 Å². The molecule has 0 heterocycles. The molecule has 8 nitrogen and oxygen atoms in total. The number of carboxylic acid groups (broad SMARTS) is 4. The van der Waals surface area contributed by atoms with E-state index in [1.165, 1.54) is 205 Å². The van der Waals surface area contributed by atoms with Crippen LogP contribution in [0.3, 0.4) is 0 Å². The van der Waals surface area contributed by atoms with E-state index in [-0.39, 0.29) is 0 Å². The molecule has 8 heteroatoms. The predicted octanol–water partition coefficient (Wildman–Crippen LogP) is 17.5. The van der Waals surface area contributed by atoms with Crippen molar-refractivity contribution in [1.29, 1.82) is 0 Å². The summed E-state index contributed by atoms with van der Waals surface area (Å²) in [5.41, 5.74) is 0. The van der Waals surface area contributed by atoms with Crippen LogP contribution in [0.15, 0.2) is 0 Å². The van der Waals surface area contributed by atoms with E-state index in [1.54, 1.807) is 0 Å². The smallest absolute Gasteiger partial charge is 0.303 e. The van der Waals surface area contributed by atoms with Crippen LogP contribution < -0.4 is 0 Å². The van der Waals surface area contributed by atoms with Crippen molar-refractivity contribution >= 4 is 23.9 Å². The van der Waals surface area contributed by atoms with Gasteiger partial charge in [-0.05, 0) is 25.7 Å². The van der Waals surface area contributed by atoms with Crippen LogP contribution in [0.5, 0.6) is 0 Å². The number of rotatable bonds is 44. The van der Waals surface area contributed by atoms with E-state index >= 15 is 0 Å². The van der Waals surface area contributed by atoms with E-state index in [0.29, 0.717) is 25.7 Å². The molecule has 4 N–H and O–H groups in total. The minimum atomic E-state index is -0.659. The zero-order chi connectivity index (χ0) is 45.4. The van der Waals surface area contributed by atoms with E-state index in [9.17, 15) is 19.2 Å². The molecular weight excluding hydrogens is 753 g/mol. The van der Waals surface area contributed by atoms with Crippen LogP contribution in [0.1, 0.15) is 310 Å². The normalized spacial score (nSPS) is 10.5. The minimum Gasteiger partial charge on any atom is -0.481 e. The highest BCUT2D eigenvalue weighted by molar-refractivity contribution is 5.67. The largest absolute Gasteiger partial charge is 0.481 e. The molecule has 0 aromatic heterocycles. The van der Waals surface area contributed by atoms with Crippen molar-refractivity contribution in [3.05, 3.63) is 0 Å². The molecule has 0 rings (SSSR count). The molecule has 0 amide bonds. The van der Waals surface area contributed by atoms with Gasteiger partial charge in [-0.15, -0.1) is 0 Å². The maximum atomic E-state index is 10.3. The molecule has 0 aliphatic carbocycles. The summed E-state index contributed by atoms with van der Waals surface area (Å²) in [6.07, 6.45) is 51.7. The first-order valence-corrected chi connectivity index (χ1v) is 26.0. The van der Waals surface area contributed by atoms with Crippen LogP contribution in [0.25, 0.3) is 0 Å². The van der Waals surface area contributed by atoms with Crippen molar-refractivity contribution in [2.24, 2.45) is 0 Å². The van der Waals surface area contributed by atoms with E-state index < -0.39 is 23.9 Å². The van der Waals surface area contributed by atoms with Crippen molar-refractivity contribution in [2.45, 2.75) is 310 Å². The van der Waals surface area contributed by atoms with Crippen molar-refractivity contribution in [1.82, 2.24) is 0 Å². The molecule has 0 spiro atoms. The minimum absolute atomic E-state index is 0.343. The summed E-state index contributed by atoms with van der Waals surface area (Å²) in [6.45, 7) is 8.95. The van der Waals surface area contributed by atoms with Crippen molar-refractivity contribution in [3.63, 3.8) is 0 Å². The number of carbonyl (C=O) groups is 4. The van der Waals surface area contributed by atoms with Crippen molar-refractivity contribution in [3.8, 4) is 0 Å².